The molecule has 0 aliphatic heterocycles. The van der Waals surface area contributed by atoms with Crippen LogP contribution in [0.25, 0.3) is 0 Å². The second-order valence-corrected chi connectivity index (χ2v) is 5.22. The molecule has 1 aliphatic carbocycles. The van der Waals surface area contributed by atoms with Crippen LogP contribution in [0.2, 0.25) is 0 Å². The van der Waals surface area contributed by atoms with Gasteiger partial charge in [-0.2, -0.15) is 0 Å². The summed E-state index contributed by atoms with van der Waals surface area (Å²) in [4.78, 5) is 22.6. The number of hydrogen-bond acceptors (Lipinski definition) is 2. The minimum atomic E-state index is -0.944. The Hall–Kier alpha value is -1.84. The first-order valence-corrected chi connectivity index (χ1v) is 6.70. The van der Waals surface area contributed by atoms with Crippen molar-refractivity contribution in [2.24, 2.45) is 5.92 Å². The van der Waals surface area contributed by atoms with Crippen LogP contribution in [0.4, 0.5) is 5.69 Å². The molecule has 4 nitrogen and oxygen atoms in total. The molecule has 0 bridgehead atoms. The smallest absolute Gasteiger partial charge is 0.335 e. The number of nitrogens with one attached hydrogen (secondary N) is 1. The van der Waals surface area contributed by atoms with Gasteiger partial charge in [-0.1, -0.05) is 19.3 Å². The van der Waals surface area contributed by atoms with E-state index in [-0.39, 0.29) is 11.5 Å². The van der Waals surface area contributed by atoms with Crippen molar-refractivity contribution < 1.29 is 14.7 Å². The summed E-state index contributed by atoms with van der Waals surface area (Å²) in [6.45, 7) is 1.73. The first-order chi connectivity index (χ1) is 9.06. The Bertz CT molecular complexity index is 492. The zero-order chi connectivity index (χ0) is 13.8. The van der Waals surface area contributed by atoms with E-state index in [0.29, 0.717) is 17.7 Å². The number of hydrogen-bond donors (Lipinski definition) is 2. The average molecular weight is 261 g/mol. The second kappa shape index (κ2) is 5.87. The largest absolute Gasteiger partial charge is 0.478 e. The number of carbonyl (C=O) groups excluding carboxylic acids is 1. The molecule has 1 amide bonds. The molecular weight excluding hydrogens is 242 g/mol. The number of anilines is 1. The molecule has 2 rings (SSSR count). The van der Waals surface area contributed by atoms with Gasteiger partial charge in [0.15, 0.2) is 0 Å². The molecule has 0 radical (unpaired) electrons. The zero-order valence-electron chi connectivity index (χ0n) is 11.1. The van der Waals surface area contributed by atoms with E-state index in [1.165, 1.54) is 25.3 Å². The molecule has 1 aliphatic rings. The summed E-state index contributed by atoms with van der Waals surface area (Å²) in [6, 6.07) is 4.86. The van der Waals surface area contributed by atoms with Crippen LogP contribution in [0.1, 0.15) is 48.0 Å². The third-order valence-electron chi connectivity index (χ3n) is 3.74. The Morgan fingerprint density at radius 1 is 1.37 bits per heavy atom. The number of carbonyl (C=O) groups is 2. The molecule has 0 atom stereocenters. The quantitative estimate of drug-likeness (QED) is 0.855. The molecular formula is C15H19NO3. The first kappa shape index (κ1) is 13.6. The molecule has 0 saturated heterocycles. The lowest BCUT2D eigenvalue weighted by atomic mass is 9.82. The molecule has 0 unspecified atom stereocenters. The van der Waals surface area contributed by atoms with E-state index in [0.717, 1.165) is 12.3 Å². The lowest BCUT2D eigenvalue weighted by Crippen LogP contribution is -2.17. The number of aromatic carboxylic acids is 1. The highest BCUT2D eigenvalue weighted by atomic mass is 16.4. The van der Waals surface area contributed by atoms with Gasteiger partial charge >= 0.3 is 5.97 Å². The molecule has 1 aromatic carbocycles. The molecule has 0 spiro atoms. The molecule has 1 fully saturated rings. The van der Waals surface area contributed by atoms with Crippen molar-refractivity contribution in [2.75, 3.05) is 5.32 Å². The Morgan fingerprint density at radius 3 is 2.63 bits per heavy atom. The molecule has 0 aromatic heterocycles. The summed E-state index contributed by atoms with van der Waals surface area (Å²) in [5.74, 6) is -0.211. The molecule has 1 saturated carbocycles. The normalized spacial score (nSPS) is 14.8. The lowest BCUT2D eigenvalue weighted by molar-refractivity contribution is -0.116. The van der Waals surface area contributed by atoms with Gasteiger partial charge in [-0.3, -0.25) is 4.79 Å². The van der Waals surface area contributed by atoms with E-state index in [2.05, 4.69) is 5.32 Å². The van der Waals surface area contributed by atoms with Crippen molar-refractivity contribution in [2.45, 2.75) is 39.0 Å². The number of aryl methyl sites for hydroxylation is 1. The fourth-order valence-corrected chi connectivity index (χ4v) is 2.32. The van der Waals surface area contributed by atoms with E-state index in [1.807, 2.05) is 0 Å². The third kappa shape index (κ3) is 3.56. The Kier molecular flexibility index (Phi) is 4.20. The average Bonchev–Trinajstić information content (AvgIpc) is 2.26. The second-order valence-electron chi connectivity index (χ2n) is 5.22. The summed E-state index contributed by atoms with van der Waals surface area (Å²) in [7, 11) is 0. The van der Waals surface area contributed by atoms with Crippen molar-refractivity contribution in [1.29, 1.82) is 0 Å². The SMILES string of the molecule is Cc1cc(NC(=O)CCC2CCC2)ccc1C(=O)O. The van der Waals surface area contributed by atoms with Crippen LogP contribution in [0.3, 0.4) is 0 Å². The Morgan fingerprint density at radius 2 is 2.11 bits per heavy atom. The number of amides is 1. The van der Waals surface area contributed by atoms with E-state index in [4.69, 9.17) is 5.11 Å². The highest BCUT2D eigenvalue weighted by Gasteiger charge is 2.18. The lowest BCUT2D eigenvalue weighted by Gasteiger charge is -2.24. The fourth-order valence-electron chi connectivity index (χ4n) is 2.32. The predicted octanol–water partition coefficient (Wildman–Crippen LogP) is 3.21. The van der Waals surface area contributed by atoms with Crippen molar-refractivity contribution >= 4 is 17.6 Å². The monoisotopic (exact) mass is 261 g/mol. The van der Waals surface area contributed by atoms with Gasteiger partial charge in [-0.15, -0.1) is 0 Å². The van der Waals surface area contributed by atoms with Gasteiger partial charge in [0.25, 0.3) is 0 Å². The highest BCUT2D eigenvalue weighted by Crippen LogP contribution is 2.30. The van der Waals surface area contributed by atoms with Crippen LogP contribution >= 0.6 is 0 Å². The van der Waals surface area contributed by atoms with Gasteiger partial charge in [0.1, 0.15) is 0 Å². The van der Waals surface area contributed by atoms with Gasteiger partial charge in [0.05, 0.1) is 5.56 Å². The maximum atomic E-state index is 11.8. The van der Waals surface area contributed by atoms with Gasteiger partial charge in [0, 0.05) is 12.1 Å². The summed E-state index contributed by atoms with van der Waals surface area (Å²) >= 11 is 0. The molecule has 2 N–H and O–H groups in total. The Balaban J connectivity index is 1.89. The number of carboxylic acids is 1. The van der Waals surface area contributed by atoms with Crippen LogP contribution in [-0.4, -0.2) is 17.0 Å². The Labute approximate surface area is 112 Å². The molecule has 0 heterocycles. The van der Waals surface area contributed by atoms with Crippen LogP contribution in [0.5, 0.6) is 0 Å². The predicted molar refractivity (Wildman–Crippen MR) is 73.3 cm³/mol. The first-order valence-electron chi connectivity index (χ1n) is 6.70. The molecule has 1 aromatic rings. The van der Waals surface area contributed by atoms with E-state index < -0.39 is 5.97 Å². The van der Waals surface area contributed by atoms with Crippen LogP contribution in [0.15, 0.2) is 18.2 Å². The van der Waals surface area contributed by atoms with Gasteiger partial charge in [-0.05, 0) is 43.0 Å². The van der Waals surface area contributed by atoms with Crippen molar-refractivity contribution in [3.8, 4) is 0 Å². The van der Waals surface area contributed by atoms with Crippen molar-refractivity contribution in [3.05, 3.63) is 29.3 Å². The van der Waals surface area contributed by atoms with E-state index in [9.17, 15) is 9.59 Å². The van der Waals surface area contributed by atoms with E-state index >= 15 is 0 Å². The van der Waals surface area contributed by atoms with Gasteiger partial charge in [0.2, 0.25) is 5.91 Å². The minimum absolute atomic E-state index is 0.00868. The van der Waals surface area contributed by atoms with Gasteiger partial charge < -0.3 is 10.4 Å². The summed E-state index contributed by atoms with van der Waals surface area (Å²) in [6.07, 6.45) is 5.30. The summed E-state index contributed by atoms with van der Waals surface area (Å²) in [5, 5.41) is 11.8. The highest BCUT2D eigenvalue weighted by molar-refractivity contribution is 5.93. The molecule has 4 heteroatoms. The van der Waals surface area contributed by atoms with Crippen LogP contribution in [0, 0.1) is 12.8 Å². The maximum Gasteiger partial charge on any atom is 0.335 e. The van der Waals surface area contributed by atoms with E-state index in [1.54, 1.807) is 19.1 Å². The van der Waals surface area contributed by atoms with Crippen molar-refractivity contribution in [3.63, 3.8) is 0 Å². The third-order valence-corrected chi connectivity index (χ3v) is 3.74. The zero-order valence-corrected chi connectivity index (χ0v) is 11.1. The van der Waals surface area contributed by atoms with Crippen LogP contribution in [-0.2, 0) is 4.79 Å². The number of rotatable bonds is 5. The minimum Gasteiger partial charge on any atom is -0.478 e. The van der Waals surface area contributed by atoms with Crippen molar-refractivity contribution in [1.82, 2.24) is 0 Å². The van der Waals surface area contributed by atoms with Gasteiger partial charge in [-0.25, -0.2) is 4.79 Å². The maximum absolute atomic E-state index is 11.8. The standard InChI is InChI=1S/C15H19NO3/c1-10-9-12(6-7-13(10)15(18)19)16-14(17)8-5-11-3-2-4-11/h6-7,9,11H,2-5,8H2,1H3,(H,16,17)(H,18,19). The topological polar surface area (TPSA) is 66.4 Å². The summed E-state index contributed by atoms with van der Waals surface area (Å²) in [5.41, 5.74) is 1.60. The molecule has 19 heavy (non-hydrogen) atoms. The number of carboxylic acid groups (broad SMARTS) is 1. The van der Waals surface area contributed by atoms with Crippen LogP contribution < -0.4 is 5.32 Å². The fraction of sp³-hybridized carbons (Fsp3) is 0.467. The molecule has 102 valence electrons. The summed E-state index contributed by atoms with van der Waals surface area (Å²) < 4.78 is 0. The number of benzene rings is 1.